The number of pyridine rings is 1. The summed E-state index contributed by atoms with van der Waals surface area (Å²) in [5, 5.41) is 0.503. The second-order valence-electron chi connectivity index (χ2n) is 3.18. The smallest absolute Gasteiger partial charge is 0.129 e. The molecule has 0 spiro atoms. The summed E-state index contributed by atoms with van der Waals surface area (Å²) in [6.07, 6.45) is 1.68. The second kappa shape index (κ2) is 3.87. The van der Waals surface area contributed by atoms with Gasteiger partial charge in [-0.15, -0.1) is 0 Å². The minimum atomic E-state index is 0.0468. The summed E-state index contributed by atoms with van der Waals surface area (Å²) in [6.45, 7) is 4.16. The van der Waals surface area contributed by atoms with Crippen molar-refractivity contribution in [3.8, 4) is 0 Å². The first-order valence-electron chi connectivity index (χ1n) is 3.98. The number of hydrogen-bond acceptors (Lipinski definition) is 2. The maximum atomic E-state index is 5.92. The highest BCUT2D eigenvalue weighted by atomic mass is 35.5. The molecule has 12 heavy (non-hydrogen) atoms. The van der Waals surface area contributed by atoms with Gasteiger partial charge in [0.25, 0.3) is 0 Å². The first-order valence-corrected chi connectivity index (χ1v) is 4.36. The zero-order chi connectivity index (χ0) is 9.14. The molecule has 0 saturated heterocycles. The van der Waals surface area contributed by atoms with E-state index in [0.29, 0.717) is 11.1 Å². The van der Waals surface area contributed by atoms with Gasteiger partial charge in [0.05, 0.1) is 0 Å². The Kier molecular flexibility index (Phi) is 3.06. The molecule has 0 aliphatic carbocycles. The number of halogens is 1. The highest BCUT2D eigenvalue weighted by Crippen LogP contribution is 2.19. The Balaban J connectivity index is 2.88. The van der Waals surface area contributed by atoms with Crippen LogP contribution in [0.1, 0.15) is 25.5 Å². The van der Waals surface area contributed by atoms with Gasteiger partial charge >= 0.3 is 0 Å². The number of nitrogens with two attached hydrogens (primary N) is 1. The van der Waals surface area contributed by atoms with E-state index in [2.05, 4.69) is 18.8 Å². The van der Waals surface area contributed by atoms with Crippen LogP contribution in [0.5, 0.6) is 0 Å². The van der Waals surface area contributed by atoms with E-state index in [1.165, 1.54) is 0 Å². The van der Waals surface area contributed by atoms with E-state index < -0.39 is 0 Å². The minimum absolute atomic E-state index is 0.0468. The molecule has 0 amide bonds. The Hall–Kier alpha value is -0.600. The predicted molar refractivity (Wildman–Crippen MR) is 51.0 cm³/mol. The van der Waals surface area contributed by atoms with E-state index in [1.54, 1.807) is 6.20 Å². The molecule has 1 aromatic heterocycles. The number of aromatic nitrogens is 1. The molecule has 0 saturated carbocycles. The molecule has 0 fully saturated rings. The molecule has 0 bridgehead atoms. The molecule has 0 aliphatic rings. The lowest BCUT2D eigenvalue weighted by atomic mass is 9.98. The molecule has 1 atom stereocenters. The summed E-state index contributed by atoms with van der Waals surface area (Å²) in [6, 6.07) is 3.76. The van der Waals surface area contributed by atoms with E-state index in [-0.39, 0.29) is 6.04 Å². The molecule has 1 heterocycles. The van der Waals surface area contributed by atoms with Crippen molar-refractivity contribution >= 4 is 11.6 Å². The van der Waals surface area contributed by atoms with Crippen LogP contribution in [0.15, 0.2) is 18.3 Å². The number of rotatable bonds is 2. The van der Waals surface area contributed by atoms with Crippen LogP contribution >= 0.6 is 11.6 Å². The van der Waals surface area contributed by atoms with Crippen molar-refractivity contribution in [2.75, 3.05) is 0 Å². The fourth-order valence-corrected chi connectivity index (χ4v) is 1.19. The molecule has 66 valence electrons. The van der Waals surface area contributed by atoms with Crippen molar-refractivity contribution in [2.24, 2.45) is 11.7 Å². The summed E-state index contributed by atoms with van der Waals surface area (Å²) in [5.74, 6) is 0.420. The quantitative estimate of drug-likeness (QED) is 0.717. The van der Waals surface area contributed by atoms with Crippen molar-refractivity contribution in [3.63, 3.8) is 0 Å². The molecule has 3 heteroatoms. The van der Waals surface area contributed by atoms with E-state index in [1.807, 2.05) is 12.1 Å². The van der Waals surface area contributed by atoms with Crippen molar-refractivity contribution in [1.29, 1.82) is 0 Å². The van der Waals surface area contributed by atoms with E-state index in [4.69, 9.17) is 17.3 Å². The minimum Gasteiger partial charge on any atom is -0.324 e. The largest absolute Gasteiger partial charge is 0.324 e. The Morgan fingerprint density at radius 2 is 2.17 bits per heavy atom. The maximum absolute atomic E-state index is 5.92. The summed E-state index contributed by atoms with van der Waals surface area (Å²) in [4.78, 5) is 3.89. The van der Waals surface area contributed by atoms with Crippen LogP contribution in [0, 0.1) is 5.92 Å². The zero-order valence-electron chi connectivity index (χ0n) is 7.29. The Bertz CT molecular complexity index is 260. The third kappa shape index (κ3) is 2.19. The van der Waals surface area contributed by atoms with Crippen LogP contribution in [-0.4, -0.2) is 4.98 Å². The maximum Gasteiger partial charge on any atom is 0.129 e. The van der Waals surface area contributed by atoms with Gasteiger partial charge in [0.15, 0.2) is 0 Å². The topological polar surface area (TPSA) is 38.9 Å². The SMILES string of the molecule is CC(C)C(N)c1ccnc(Cl)c1. The molecule has 0 aliphatic heterocycles. The first kappa shape index (κ1) is 9.49. The Morgan fingerprint density at radius 3 is 2.67 bits per heavy atom. The van der Waals surface area contributed by atoms with Gasteiger partial charge in [-0.3, -0.25) is 0 Å². The fourth-order valence-electron chi connectivity index (χ4n) is 1.01. The molecule has 1 rings (SSSR count). The fraction of sp³-hybridized carbons (Fsp3) is 0.444. The first-order chi connectivity index (χ1) is 5.61. The van der Waals surface area contributed by atoms with Gasteiger partial charge in [-0.1, -0.05) is 25.4 Å². The van der Waals surface area contributed by atoms with Crippen molar-refractivity contribution in [3.05, 3.63) is 29.0 Å². The van der Waals surface area contributed by atoms with Gasteiger partial charge in [0, 0.05) is 12.2 Å². The van der Waals surface area contributed by atoms with Gasteiger partial charge in [0.1, 0.15) is 5.15 Å². The number of hydrogen-bond donors (Lipinski definition) is 1. The molecule has 0 aromatic carbocycles. The van der Waals surface area contributed by atoms with Crippen LogP contribution in [0.2, 0.25) is 5.15 Å². The Morgan fingerprint density at radius 1 is 1.50 bits per heavy atom. The van der Waals surface area contributed by atoms with Crippen LogP contribution < -0.4 is 5.73 Å². The van der Waals surface area contributed by atoms with E-state index in [9.17, 15) is 0 Å². The third-order valence-corrected chi connectivity index (χ3v) is 2.06. The third-order valence-electron chi connectivity index (χ3n) is 1.85. The van der Waals surface area contributed by atoms with Crippen LogP contribution in [-0.2, 0) is 0 Å². The lowest BCUT2D eigenvalue weighted by molar-refractivity contribution is 0.514. The molecule has 1 unspecified atom stereocenters. The van der Waals surface area contributed by atoms with Gasteiger partial charge in [-0.2, -0.15) is 0 Å². The number of nitrogens with zero attached hydrogens (tertiary/aromatic N) is 1. The summed E-state index contributed by atoms with van der Waals surface area (Å²) in [5.41, 5.74) is 6.97. The normalized spacial score (nSPS) is 13.4. The predicted octanol–water partition coefficient (Wildman–Crippen LogP) is 2.39. The highest BCUT2D eigenvalue weighted by Gasteiger charge is 2.10. The molecular weight excluding hydrogens is 172 g/mol. The van der Waals surface area contributed by atoms with Gasteiger partial charge in [-0.25, -0.2) is 4.98 Å². The standard InChI is InChI=1S/C9H13ClN2/c1-6(2)9(11)7-3-4-12-8(10)5-7/h3-6,9H,11H2,1-2H3. The van der Waals surface area contributed by atoms with Gasteiger partial charge in [0.2, 0.25) is 0 Å². The molecule has 0 radical (unpaired) electrons. The zero-order valence-corrected chi connectivity index (χ0v) is 8.05. The van der Waals surface area contributed by atoms with Crippen LogP contribution in [0.25, 0.3) is 0 Å². The lowest BCUT2D eigenvalue weighted by Crippen LogP contribution is -2.16. The average molecular weight is 185 g/mol. The second-order valence-corrected chi connectivity index (χ2v) is 3.57. The lowest BCUT2D eigenvalue weighted by Gasteiger charge is -2.15. The molecule has 2 nitrogen and oxygen atoms in total. The molecular formula is C9H13ClN2. The average Bonchev–Trinajstić information content (AvgIpc) is 2.03. The van der Waals surface area contributed by atoms with Crippen LogP contribution in [0.3, 0.4) is 0 Å². The van der Waals surface area contributed by atoms with Gasteiger partial charge < -0.3 is 5.73 Å². The van der Waals surface area contributed by atoms with E-state index >= 15 is 0 Å². The molecule has 2 N–H and O–H groups in total. The van der Waals surface area contributed by atoms with Crippen molar-refractivity contribution in [1.82, 2.24) is 4.98 Å². The highest BCUT2D eigenvalue weighted by molar-refractivity contribution is 6.29. The summed E-state index contributed by atoms with van der Waals surface area (Å²) < 4.78 is 0. The van der Waals surface area contributed by atoms with Gasteiger partial charge in [-0.05, 0) is 23.6 Å². The van der Waals surface area contributed by atoms with Crippen molar-refractivity contribution < 1.29 is 0 Å². The Labute approximate surface area is 77.8 Å². The van der Waals surface area contributed by atoms with Crippen molar-refractivity contribution in [2.45, 2.75) is 19.9 Å². The molecule has 1 aromatic rings. The monoisotopic (exact) mass is 184 g/mol. The van der Waals surface area contributed by atoms with Crippen LogP contribution in [0.4, 0.5) is 0 Å². The van der Waals surface area contributed by atoms with E-state index in [0.717, 1.165) is 5.56 Å². The summed E-state index contributed by atoms with van der Waals surface area (Å²) in [7, 11) is 0. The summed E-state index contributed by atoms with van der Waals surface area (Å²) >= 11 is 5.73.